The lowest BCUT2D eigenvalue weighted by Gasteiger charge is -2.14. The molecule has 1 heterocycles. The highest BCUT2D eigenvalue weighted by Crippen LogP contribution is 2.37. The predicted octanol–water partition coefficient (Wildman–Crippen LogP) is 5.90. The standard InChI is InChI=1S/C27H24BrN3O3/c1-19-9-3-4-10-21(19)18-34-26-23(28)15-20(16-25(26)33-2)17-29-30-27(32)22-11-5-6-12-24(22)31-13-7-8-14-31/h3-17H,18H2,1-2H3,(H,30,32)/b29-17-. The maximum absolute atomic E-state index is 12.8. The van der Waals surface area contributed by atoms with E-state index in [1.165, 1.54) is 0 Å². The van der Waals surface area contributed by atoms with Gasteiger partial charge >= 0.3 is 0 Å². The van der Waals surface area contributed by atoms with Gasteiger partial charge in [0.1, 0.15) is 6.61 Å². The monoisotopic (exact) mass is 517 g/mol. The minimum absolute atomic E-state index is 0.301. The molecular weight excluding hydrogens is 494 g/mol. The second-order valence-corrected chi connectivity index (χ2v) is 8.41. The number of nitrogens with zero attached hydrogens (tertiary/aromatic N) is 2. The Labute approximate surface area is 207 Å². The van der Waals surface area contributed by atoms with E-state index in [1.54, 1.807) is 25.5 Å². The minimum atomic E-state index is -0.301. The number of carbonyl (C=O) groups is 1. The van der Waals surface area contributed by atoms with Gasteiger partial charge in [-0.1, -0.05) is 36.4 Å². The van der Waals surface area contributed by atoms with Gasteiger partial charge in [0.05, 0.1) is 29.0 Å². The Hall–Kier alpha value is -3.84. The molecule has 6 nitrogen and oxygen atoms in total. The van der Waals surface area contributed by atoms with E-state index in [2.05, 4.69) is 39.4 Å². The van der Waals surface area contributed by atoms with Crippen LogP contribution in [0, 0.1) is 6.92 Å². The highest BCUT2D eigenvalue weighted by atomic mass is 79.9. The van der Waals surface area contributed by atoms with Gasteiger partial charge in [-0.2, -0.15) is 5.10 Å². The molecule has 0 bridgehead atoms. The maximum atomic E-state index is 12.8. The van der Waals surface area contributed by atoms with Gasteiger partial charge in [0.25, 0.3) is 5.91 Å². The molecule has 1 amide bonds. The fourth-order valence-corrected chi connectivity index (χ4v) is 4.06. The van der Waals surface area contributed by atoms with Crippen molar-refractivity contribution in [1.29, 1.82) is 0 Å². The summed E-state index contributed by atoms with van der Waals surface area (Å²) in [5.41, 5.74) is 6.91. The zero-order chi connectivity index (χ0) is 23.9. The molecule has 0 saturated heterocycles. The van der Waals surface area contributed by atoms with Crippen LogP contribution >= 0.6 is 15.9 Å². The summed E-state index contributed by atoms with van der Waals surface area (Å²) in [5.74, 6) is 0.867. The molecule has 3 aromatic carbocycles. The average molecular weight is 518 g/mol. The number of hydrazone groups is 1. The number of halogens is 1. The fourth-order valence-electron chi connectivity index (χ4n) is 3.49. The molecule has 0 spiro atoms. The summed E-state index contributed by atoms with van der Waals surface area (Å²) in [4.78, 5) is 12.8. The summed E-state index contributed by atoms with van der Waals surface area (Å²) in [6, 6.07) is 22.9. The van der Waals surface area contributed by atoms with Crippen molar-refractivity contribution in [3.05, 3.63) is 112 Å². The van der Waals surface area contributed by atoms with Gasteiger partial charge in [0.15, 0.2) is 11.5 Å². The summed E-state index contributed by atoms with van der Waals surface area (Å²) in [6.45, 7) is 2.47. The van der Waals surface area contributed by atoms with Crippen LogP contribution in [-0.4, -0.2) is 23.8 Å². The molecule has 1 N–H and O–H groups in total. The number of rotatable bonds is 8. The van der Waals surface area contributed by atoms with Crippen LogP contribution < -0.4 is 14.9 Å². The van der Waals surface area contributed by atoms with E-state index in [4.69, 9.17) is 9.47 Å². The van der Waals surface area contributed by atoms with Crippen LogP contribution in [-0.2, 0) is 6.61 Å². The number of benzene rings is 3. The van der Waals surface area contributed by atoms with E-state index in [0.29, 0.717) is 23.7 Å². The van der Waals surface area contributed by atoms with E-state index in [0.717, 1.165) is 26.9 Å². The van der Waals surface area contributed by atoms with Crippen LogP contribution in [0.15, 0.2) is 94.8 Å². The van der Waals surface area contributed by atoms with Crippen molar-refractivity contribution < 1.29 is 14.3 Å². The van der Waals surface area contributed by atoms with E-state index >= 15 is 0 Å². The zero-order valence-electron chi connectivity index (χ0n) is 18.9. The summed E-state index contributed by atoms with van der Waals surface area (Å²) in [6.07, 6.45) is 5.35. The van der Waals surface area contributed by atoms with Gasteiger partial charge in [0, 0.05) is 12.4 Å². The number of ether oxygens (including phenoxy) is 2. The molecule has 0 radical (unpaired) electrons. The molecule has 7 heteroatoms. The molecule has 0 saturated carbocycles. The summed E-state index contributed by atoms with van der Waals surface area (Å²) in [5, 5.41) is 4.14. The van der Waals surface area contributed by atoms with Crippen LogP contribution in [0.1, 0.15) is 27.0 Å². The highest BCUT2D eigenvalue weighted by molar-refractivity contribution is 9.10. The van der Waals surface area contributed by atoms with Crippen molar-refractivity contribution in [2.45, 2.75) is 13.5 Å². The van der Waals surface area contributed by atoms with E-state index < -0.39 is 0 Å². The number of amides is 1. The molecule has 0 fully saturated rings. The number of aryl methyl sites for hydroxylation is 1. The van der Waals surface area contributed by atoms with Crippen molar-refractivity contribution in [1.82, 2.24) is 9.99 Å². The van der Waals surface area contributed by atoms with Gasteiger partial charge < -0.3 is 14.0 Å². The second kappa shape index (κ2) is 10.9. The smallest absolute Gasteiger partial charge is 0.273 e. The van der Waals surface area contributed by atoms with Crippen molar-refractivity contribution in [3.63, 3.8) is 0 Å². The lowest BCUT2D eigenvalue weighted by molar-refractivity contribution is 0.0955. The van der Waals surface area contributed by atoms with Crippen LogP contribution in [0.5, 0.6) is 11.5 Å². The molecule has 0 aliphatic rings. The Kier molecular flexibility index (Phi) is 7.44. The van der Waals surface area contributed by atoms with Crippen molar-refractivity contribution in [3.8, 4) is 17.2 Å². The van der Waals surface area contributed by atoms with E-state index in [9.17, 15) is 4.79 Å². The first kappa shape index (κ1) is 23.3. The first-order valence-electron chi connectivity index (χ1n) is 10.7. The number of nitrogens with one attached hydrogen (secondary N) is 1. The number of carbonyl (C=O) groups excluding carboxylic acids is 1. The summed E-state index contributed by atoms with van der Waals surface area (Å²) >= 11 is 3.56. The second-order valence-electron chi connectivity index (χ2n) is 7.56. The molecule has 0 aliphatic heterocycles. The highest BCUT2D eigenvalue weighted by Gasteiger charge is 2.13. The molecule has 1 aromatic heterocycles. The lowest BCUT2D eigenvalue weighted by atomic mass is 10.1. The van der Waals surface area contributed by atoms with Crippen LogP contribution in [0.2, 0.25) is 0 Å². The van der Waals surface area contributed by atoms with Gasteiger partial charge in [-0.15, -0.1) is 0 Å². The topological polar surface area (TPSA) is 64.8 Å². The molecule has 0 atom stereocenters. The van der Waals surface area contributed by atoms with Gasteiger partial charge in [-0.25, -0.2) is 5.43 Å². The summed E-state index contributed by atoms with van der Waals surface area (Å²) in [7, 11) is 1.59. The van der Waals surface area contributed by atoms with Crippen LogP contribution in [0.3, 0.4) is 0 Å². The average Bonchev–Trinajstić information content (AvgIpc) is 3.39. The quantitative estimate of drug-likeness (QED) is 0.233. The van der Waals surface area contributed by atoms with Gasteiger partial charge in [0.2, 0.25) is 0 Å². The van der Waals surface area contributed by atoms with Gasteiger partial charge in [-0.05, 0) is 75.9 Å². The van der Waals surface area contributed by atoms with Crippen molar-refractivity contribution in [2.75, 3.05) is 7.11 Å². The molecular formula is C27H24BrN3O3. The molecule has 0 aliphatic carbocycles. The third-order valence-electron chi connectivity index (χ3n) is 5.30. The molecule has 4 aromatic rings. The van der Waals surface area contributed by atoms with Crippen LogP contribution in [0.25, 0.3) is 5.69 Å². The Morgan fingerprint density at radius 3 is 2.56 bits per heavy atom. The summed E-state index contributed by atoms with van der Waals surface area (Å²) < 4.78 is 14.2. The Morgan fingerprint density at radius 2 is 1.79 bits per heavy atom. The predicted molar refractivity (Wildman–Crippen MR) is 137 cm³/mol. The van der Waals surface area contributed by atoms with Gasteiger partial charge in [-0.3, -0.25) is 4.79 Å². The normalized spacial score (nSPS) is 10.9. The first-order valence-corrected chi connectivity index (χ1v) is 11.5. The Bertz CT molecular complexity index is 1320. The Morgan fingerprint density at radius 1 is 1.06 bits per heavy atom. The first-order chi connectivity index (χ1) is 16.6. The maximum Gasteiger partial charge on any atom is 0.273 e. The molecule has 4 rings (SSSR count). The number of methoxy groups -OCH3 is 1. The third-order valence-corrected chi connectivity index (χ3v) is 5.89. The number of hydrogen-bond donors (Lipinski definition) is 1. The molecule has 172 valence electrons. The number of aromatic nitrogens is 1. The minimum Gasteiger partial charge on any atom is -0.493 e. The third kappa shape index (κ3) is 5.38. The Balaban J connectivity index is 1.47. The lowest BCUT2D eigenvalue weighted by Crippen LogP contribution is -2.19. The SMILES string of the molecule is COc1cc(/C=N\NC(=O)c2ccccc2-n2cccc2)cc(Br)c1OCc1ccccc1C. The van der Waals surface area contributed by atoms with Crippen molar-refractivity contribution >= 4 is 28.1 Å². The largest absolute Gasteiger partial charge is 0.493 e. The molecule has 34 heavy (non-hydrogen) atoms. The van der Waals surface area contributed by atoms with E-state index in [-0.39, 0.29) is 5.91 Å². The zero-order valence-corrected chi connectivity index (χ0v) is 20.5. The van der Waals surface area contributed by atoms with Crippen molar-refractivity contribution in [2.24, 2.45) is 5.10 Å². The molecule has 0 unspecified atom stereocenters. The number of hydrogen-bond acceptors (Lipinski definition) is 4. The number of para-hydroxylation sites is 1. The fraction of sp³-hybridized carbons (Fsp3) is 0.111. The van der Waals surface area contributed by atoms with Crippen LogP contribution in [0.4, 0.5) is 0 Å². The van der Waals surface area contributed by atoms with E-state index in [1.807, 2.05) is 71.6 Å².